The summed E-state index contributed by atoms with van der Waals surface area (Å²) in [5.74, 6) is -0.0785. The molecule has 0 aliphatic carbocycles. The first-order valence-electron chi connectivity index (χ1n) is 8.50. The van der Waals surface area contributed by atoms with Gasteiger partial charge in [-0.05, 0) is 66.3 Å². The third kappa shape index (κ3) is 2.76. The first-order valence-corrected chi connectivity index (χ1v) is 8.50. The number of nitrogens with one attached hydrogen (secondary N) is 1. The zero-order valence-corrected chi connectivity index (χ0v) is 14.4. The molecule has 1 aliphatic heterocycles. The van der Waals surface area contributed by atoms with Crippen LogP contribution in [0.3, 0.4) is 0 Å². The maximum atomic E-state index is 12.8. The fourth-order valence-electron chi connectivity index (χ4n) is 3.45. The van der Waals surface area contributed by atoms with Gasteiger partial charge in [-0.25, -0.2) is 0 Å². The van der Waals surface area contributed by atoms with Crippen molar-refractivity contribution in [1.29, 1.82) is 5.26 Å². The Morgan fingerprint density at radius 2 is 2.04 bits per heavy atom. The van der Waals surface area contributed by atoms with Gasteiger partial charge in [0, 0.05) is 29.7 Å². The number of aryl methyl sites for hydroxylation is 1. The molecule has 0 saturated carbocycles. The number of hydrogen-bond donors (Lipinski definition) is 1. The summed E-state index contributed by atoms with van der Waals surface area (Å²) in [6.45, 7) is 2.93. The number of carbonyl (C=O) groups excluding carboxylic acids is 1. The van der Waals surface area contributed by atoms with Gasteiger partial charge in [0.1, 0.15) is 0 Å². The van der Waals surface area contributed by atoms with Gasteiger partial charge < -0.3 is 9.88 Å². The number of hydrogen-bond acceptors (Lipinski definition) is 3. The van der Waals surface area contributed by atoms with Crippen molar-refractivity contribution >= 4 is 16.8 Å². The van der Waals surface area contributed by atoms with Gasteiger partial charge in [0.05, 0.1) is 11.6 Å². The summed E-state index contributed by atoms with van der Waals surface area (Å²) < 4.78 is 0. The summed E-state index contributed by atoms with van der Waals surface area (Å²) >= 11 is 0. The van der Waals surface area contributed by atoms with E-state index in [-0.39, 0.29) is 11.5 Å². The molecule has 0 saturated heterocycles. The standard InChI is InChI=1S/C21H17N3O2/c1-13-7-17-9-15-5-6-24(12-18(15)10-19(17)23-20(13)25)21(26)16-4-2-3-14(8-16)11-22/h2-4,7-10H,5-6,12H2,1H3,(H,23,25). The van der Waals surface area contributed by atoms with E-state index < -0.39 is 0 Å². The van der Waals surface area contributed by atoms with Gasteiger partial charge in [-0.3, -0.25) is 9.59 Å². The summed E-state index contributed by atoms with van der Waals surface area (Å²) in [5, 5.41) is 10.0. The molecule has 1 N–H and O–H groups in total. The van der Waals surface area contributed by atoms with Crippen LogP contribution in [0, 0.1) is 18.3 Å². The molecule has 1 aromatic heterocycles. The van der Waals surface area contributed by atoms with Crippen molar-refractivity contribution in [2.24, 2.45) is 0 Å². The lowest BCUT2D eigenvalue weighted by atomic mass is 9.96. The summed E-state index contributed by atoms with van der Waals surface area (Å²) in [6.07, 6.45) is 0.771. The van der Waals surface area contributed by atoms with Crippen molar-refractivity contribution in [3.05, 3.63) is 80.6 Å². The third-order valence-corrected chi connectivity index (χ3v) is 4.89. The molecule has 0 bridgehead atoms. The van der Waals surface area contributed by atoms with Crippen LogP contribution in [0.1, 0.15) is 32.6 Å². The van der Waals surface area contributed by atoms with Crippen molar-refractivity contribution in [3.63, 3.8) is 0 Å². The molecule has 5 nitrogen and oxygen atoms in total. The molecule has 3 aromatic rings. The third-order valence-electron chi connectivity index (χ3n) is 4.89. The van der Waals surface area contributed by atoms with Gasteiger partial charge >= 0.3 is 0 Å². The Labute approximate surface area is 150 Å². The van der Waals surface area contributed by atoms with Gasteiger partial charge in [-0.2, -0.15) is 5.26 Å². The highest BCUT2D eigenvalue weighted by molar-refractivity contribution is 5.95. The number of rotatable bonds is 1. The molecule has 1 amide bonds. The van der Waals surface area contributed by atoms with Crippen molar-refractivity contribution < 1.29 is 4.79 Å². The molecule has 0 spiro atoms. The predicted octanol–water partition coefficient (Wildman–Crippen LogP) is 2.91. The lowest BCUT2D eigenvalue weighted by Crippen LogP contribution is -2.36. The quantitative estimate of drug-likeness (QED) is 0.738. The van der Waals surface area contributed by atoms with E-state index in [1.165, 1.54) is 5.56 Å². The fraction of sp³-hybridized carbons (Fsp3) is 0.190. The van der Waals surface area contributed by atoms with Gasteiger partial charge in [-0.1, -0.05) is 6.07 Å². The van der Waals surface area contributed by atoms with Gasteiger partial charge in [0.2, 0.25) is 0 Å². The second-order valence-corrected chi connectivity index (χ2v) is 6.66. The van der Waals surface area contributed by atoms with Crippen LogP contribution in [-0.4, -0.2) is 22.3 Å². The average molecular weight is 343 g/mol. The van der Waals surface area contributed by atoms with E-state index in [1.807, 2.05) is 12.1 Å². The highest BCUT2D eigenvalue weighted by Crippen LogP contribution is 2.25. The minimum absolute atomic E-state index is 0.0785. The first-order chi connectivity index (χ1) is 12.5. The van der Waals surface area contributed by atoms with Crippen molar-refractivity contribution in [2.45, 2.75) is 19.9 Å². The summed E-state index contributed by atoms with van der Waals surface area (Å²) in [4.78, 5) is 29.4. The molecule has 1 aliphatic rings. The van der Waals surface area contributed by atoms with Gasteiger partial charge in [-0.15, -0.1) is 0 Å². The van der Waals surface area contributed by atoms with Crippen LogP contribution in [0.15, 0.2) is 47.3 Å². The van der Waals surface area contributed by atoms with E-state index in [0.717, 1.165) is 22.9 Å². The second kappa shape index (κ2) is 6.16. The topological polar surface area (TPSA) is 77.0 Å². The Bertz CT molecular complexity index is 1140. The molecule has 0 radical (unpaired) electrons. The largest absolute Gasteiger partial charge is 0.334 e. The maximum absolute atomic E-state index is 12.8. The fourth-order valence-corrected chi connectivity index (χ4v) is 3.45. The van der Waals surface area contributed by atoms with Crippen LogP contribution in [0.25, 0.3) is 10.9 Å². The van der Waals surface area contributed by atoms with E-state index >= 15 is 0 Å². The number of benzene rings is 2. The number of pyridine rings is 1. The second-order valence-electron chi connectivity index (χ2n) is 6.66. The molecule has 5 heteroatoms. The van der Waals surface area contributed by atoms with Crippen LogP contribution >= 0.6 is 0 Å². The van der Waals surface area contributed by atoms with Crippen molar-refractivity contribution in [1.82, 2.24) is 9.88 Å². The number of aromatic amines is 1. The molecule has 0 unspecified atom stereocenters. The zero-order chi connectivity index (χ0) is 18.3. The highest BCUT2D eigenvalue weighted by atomic mass is 16.2. The minimum atomic E-state index is -0.0884. The molecule has 0 atom stereocenters. The van der Waals surface area contributed by atoms with E-state index in [1.54, 1.807) is 36.1 Å². The van der Waals surface area contributed by atoms with Crippen molar-refractivity contribution in [2.75, 3.05) is 6.54 Å². The zero-order valence-electron chi connectivity index (χ0n) is 14.4. The number of nitrogens with zero attached hydrogens (tertiary/aromatic N) is 2. The summed E-state index contributed by atoms with van der Waals surface area (Å²) in [5.41, 5.74) is 4.66. The van der Waals surface area contributed by atoms with E-state index in [0.29, 0.717) is 29.8 Å². The number of H-pyrrole nitrogens is 1. The number of fused-ring (bicyclic) bond motifs is 2. The van der Waals surface area contributed by atoms with Crippen LogP contribution in [0.4, 0.5) is 0 Å². The van der Waals surface area contributed by atoms with Crippen LogP contribution in [0.5, 0.6) is 0 Å². The van der Waals surface area contributed by atoms with Crippen LogP contribution in [0.2, 0.25) is 0 Å². The summed E-state index contributed by atoms with van der Waals surface area (Å²) in [6, 6.07) is 14.8. The molecular formula is C21H17N3O2. The first kappa shape index (κ1) is 16.1. The molecule has 2 aromatic carbocycles. The average Bonchev–Trinajstić information content (AvgIpc) is 2.66. The lowest BCUT2D eigenvalue weighted by molar-refractivity contribution is 0.0735. The number of aromatic nitrogens is 1. The molecule has 128 valence electrons. The van der Waals surface area contributed by atoms with Crippen LogP contribution < -0.4 is 5.56 Å². The van der Waals surface area contributed by atoms with E-state index in [4.69, 9.17) is 5.26 Å². The predicted molar refractivity (Wildman–Crippen MR) is 98.9 cm³/mol. The van der Waals surface area contributed by atoms with Gasteiger partial charge in [0.15, 0.2) is 0 Å². The Morgan fingerprint density at radius 1 is 1.19 bits per heavy atom. The lowest BCUT2D eigenvalue weighted by Gasteiger charge is -2.29. The normalized spacial score (nSPS) is 13.3. The number of nitriles is 1. The van der Waals surface area contributed by atoms with Crippen LogP contribution in [-0.2, 0) is 13.0 Å². The minimum Gasteiger partial charge on any atom is -0.334 e. The van der Waals surface area contributed by atoms with Crippen molar-refractivity contribution in [3.8, 4) is 6.07 Å². The van der Waals surface area contributed by atoms with Gasteiger partial charge in [0.25, 0.3) is 11.5 Å². The smallest absolute Gasteiger partial charge is 0.254 e. The molecule has 4 rings (SSSR count). The Morgan fingerprint density at radius 3 is 2.85 bits per heavy atom. The SMILES string of the molecule is Cc1cc2cc3c(cc2[nH]c1=O)CN(C(=O)c1cccc(C#N)c1)CC3. The number of amides is 1. The molecule has 2 heterocycles. The molecular weight excluding hydrogens is 326 g/mol. The van der Waals surface area contributed by atoms with E-state index in [9.17, 15) is 9.59 Å². The molecule has 0 fully saturated rings. The number of carbonyl (C=O) groups is 1. The molecule has 26 heavy (non-hydrogen) atoms. The summed E-state index contributed by atoms with van der Waals surface area (Å²) in [7, 11) is 0. The monoisotopic (exact) mass is 343 g/mol. The maximum Gasteiger partial charge on any atom is 0.254 e. The van der Waals surface area contributed by atoms with E-state index in [2.05, 4.69) is 17.1 Å². The Hall–Kier alpha value is -3.39. The highest BCUT2D eigenvalue weighted by Gasteiger charge is 2.22. The Kier molecular flexibility index (Phi) is 3.81. The Balaban J connectivity index is 1.67.